The minimum Gasteiger partial charge on any atom is -0.377 e. The third kappa shape index (κ3) is 14.8. The van der Waals surface area contributed by atoms with E-state index in [2.05, 4.69) is 213 Å². The highest BCUT2D eigenvalue weighted by Gasteiger charge is 2.25. The van der Waals surface area contributed by atoms with Crippen molar-refractivity contribution >= 4 is 73.7 Å². The number of carbonyl (C=O) groups is 2. The van der Waals surface area contributed by atoms with E-state index >= 15 is 0 Å². The molecule has 0 atom stereocenters. The molecule has 12 heteroatoms. The van der Waals surface area contributed by atoms with Gasteiger partial charge in [0.25, 0.3) is 11.8 Å². The Hall–Kier alpha value is -8.61. The van der Waals surface area contributed by atoms with Crippen LogP contribution >= 0.6 is 0 Å². The Morgan fingerprint density at radius 1 is 0.560 bits per heavy atom. The van der Waals surface area contributed by atoms with Gasteiger partial charge in [-0.25, -0.2) is 9.98 Å². The highest BCUT2D eigenvalue weighted by molar-refractivity contribution is 6.01. The van der Waals surface area contributed by atoms with Gasteiger partial charge in [0.15, 0.2) is 5.69 Å². The summed E-state index contributed by atoms with van der Waals surface area (Å²) < 4.78 is 2.37. The number of anilines is 3. The van der Waals surface area contributed by atoms with Crippen molar-refractivity contribution in [1.29, 1.82) is 0 Å². The molecule has 84 heavy (non-hydrogen) atoms. The average molecular weight is 1120 g/mol. The van der Waals surface area contributed by atoms with E-state index in [1.165, 1.54) is 45.0 Å². The van der Waals surface area contributed by atoms with Gasteiger partial charge in [-0.05, 0) is 154 Å². The van der Waals surface area contributed by atoms with Crippen LogP contribution in [0, 0.1) is 20.8 Å². The Balaban J connectivity index is 0.661. The second-order valence-electron chi connectivity index (χ2n) is 23.1. The number of fused-ring (bicyclic) bond motifs is 2. The zero-order chi connectivity index (χ0) is 59.3. The molecule has 0 saturated heterocycles. The zero-order valence-corrected chi connectivity index (χ0v) is 51.2. The van der Waals surface area contributed by atoms with Crippen molar-refractivity contribution in [3.8, 4) is 16.8 Å². The molecule has 1 aliphatic rings. The number of nitrogens with two attached hydrogens (primary N) is 1. The van der Waals surface area contributed by atoms with Crippen LogP contribution in [-0.4, -0.2) is 95.9 Å². The van der Waals surface area contributed by atoms with E-state index in [4.69, 9.17) is 9.98 Å². The van der Waals surface area contributed by atoms with Crippen molar-refractivity contribution in [3.63, 3.8) is 0 Å². The molecule has 0 unspecified atom stereocenters. The number of likely N-dealkylation sites (N-methyl/N-ethyl adjacent to an activating group) is 1. The first-order chi connectivity index (χ1) is 40.6. The Labute approximate surface area is 498 Å². The smallest absolute Gasteiger partial charge is 0.251 e. The molecule has 0 bridgehead atoms. The molecular weight excluding hydrogens is 1040 g/mol. The number of hydrogen-bond donors (Lipinski definition) is 3. The van der Waals surface area contributed by atoms with Gasteiger partial charge in [-0.3, -0.25) is 14.9 Å². The van der Waals surface area contributed by atoms with Crippen LogP contribution in [0.3, 0.4) is 0 Å². The van der Waals surface area contributed by atoms with Crippen molar-refractivity contribution in [2.45, 2.75) is 85.5 Å². The van der Waals surface area contributed by atoms with Gasteiger partial charge in [0.05, 0.1) is 0 Å². The number of quaternary nitrogens is 1. The summed E-state index contributed by atoms with van der Waals surface area (Å²) >= 11 is 0. The maximum absolute atomic E-state index is 13.1. The molecule has 0 saturated carbocycles. The Morgan fingerprint density at radius 3 is 1.69 bits per heavy atom. The first kappa shape index (κ1) is 60.0. The van der Waals surface area contributed by atoms with Crippen LogP contribution in [-0.2, 0) is 0 Å². The van der Waals surface area contributed by atoms with E-state index in [0.717, 1.165) is 133 Å². The molecule has 2 amide bonds. The number of hydrogen-bond acceptors (Lipinski definition) is 8. The first-order valence-corrected chi connectivity index (χ1v) is 30.0. The number of nitrogens with one attached hydrogen (secondary N) is 2. The van der Waals surface area contributed by atoms with Gasteiger partial charge >= 0.3 is 0 Å². The fourth-order valence-electron chi connectivity index (χ4n) is 11.7. The van der Waals surface area contributed by atoms with Crippen LogP contribution in [0.5, 0.6) is 0 Å². The number of aryl methyl sites for hydroxylation is 3. The lowest BCUT2D eigenvalue weighted by Gasteiger charge is -2.25. The fourth-order valence-corrected chi connectivity index (χ4v) is 11.7. The van der Waals surface area contributed by atoms with E-state index in [-0.39, 0.29) is 11.8 Å². The number of benzene rings is 7. The molecule has 9 rings (SSSR count). The van der Waals surface area contributed by atoms with E-state index in [9.17, 15) is 9.59 Å². The Morgan fingerprint density at radius 2 is 1.11 bits per heavy atom. The lowest BCUT2D eigenvalue weighted by Crippen LogP contribution is -2.71. The monoisotopic (exact) mass is 1120 g/mol. The van der Waals surface area contributed by atoms with E-state index in [1.807, 2.05) is 54.6 Å². The molecule has 12 nitrogen and oxygen atoms in total. The van der Waals surface area contributed by atoms with E-state index in [1.54, 1.807) is 0 Å². The third-order valence-electron chi connectivity index (χ3n) is 16.3. The molecular formula is C72H86N10O2+2. The minimum absolute atomic E-state index is 0.0597. The number of nitrogens with zero attached hydrogens (tertiary/aromatic N) is 7. The number of allylic oxidation sites excluding steroid dienone is 3. The predicted octanol–water partition coefficient (Wildman–Crippen LogP) is 13.6. The molecule has 8 aromatic rings. The van der Waals surface area contributed by atoms with Crippen LogP contribution in [0.4, 0.5) is 34.1 Å². The zero-order valence-electron chi connectivity index (χ0n) is 51.2. The van der Waals surface area contributed by atoms with Gasteiger partial charge in [-0.2, -0.15) is 0 Å². The molecule has 7 aromatic carbocycles. The topological polar surface area (TPSA) is 117 Å². The van der Waals surface area contributed by atoms with Crippen LogP contribution in [0.2, 0.25) is 0 Å². The summed E-state index contributed by atoms with van der Waals surface area (Å²) in [5.74, 6) is -0.123. The van der Waals surface area contributed by atoms with Gasteiger partial charge in [0.1, 0.15) is 22.4 Å². The second-order valence-corrected chi connectivity index (χ2v) is 23.1. The first-order valence-electron chi connectivity index (χ1n) is 30.0. The van der Waals surface area contributed by atoms with Crippen molar-refractivity contribution < 1.29 is 19.5 Å². The van der Waals surface area contributed by atoms with Crippen LogP contribution < -0.4 is 35.2 Å². The minimum atomic E-state index is -0.0635. The number of carbonyl (C=O) groups excluding carboxylic acids is 2. The quantitative estimate of drug-likeness (QED) is 0.0226. The standard InChI is InChI=1S/C72H84N10O2/c1-50-45-59(76-62-46-51(2)67(78(5)6)48-63(62)75-58-25-17-15-18-26-58)37-39-65(50)80(9)43-23-13-11-21-41-73-71(83)56-33-29-54(30-34-56)55-31-35-57(36-32-55)72(84)74-42-22-12-14-24-44-81(10)66-40-38-61-70(53(66)4)82(60-27-19-16-20-28-60)69-49-68(79(7)8)52(3)47-64(69)77-61/h15-20,25-40,46-49,75H,11-14,21-24,41-45H2,1-10H3,(H-,73,74,83,84)/p+2. The molecule has 434 valence electrons. The van der Waals surface area contributed by atoms with Crippen LogP contribution in [0.1, 0.15) is 102 Å². The van der Waals surface area contributed by atoms with Crippen LogP contribution in [0.25, 0.3) is 38.9 Å². The average Bonchev–Trinajstić information content (AvgIpc) is 2.20. The molecule has 0 aliphatic heterocycles. The maximum atomic E-state index is 13.1. The van der Waals surface area contributed by atoms with E-state index in [0.29, 0.717) is 24.2 Å². The number of rotatable bonds is 25. The molecule has 0 spiro atoms. The highest BCUT2D eigenvalue weighted by Crippen LogP contribution is 2.34. The Kier molecular flexibility index (Phi) is 20.1. The van der Waals surface area contributed by atoms with Gasteiger partial charge in [0.2, 0.25) is 16.7 Å². The van der Waals surface area contributed by atoms with Crippen molar-refractivity contribution in [2.75, 3.05) is 83.2 Å². The third-order valence-corrected chi connectivity index (χ3v) is 16.3. The Bertz CT molecular complexity index is 3680. The molecule has 1 heterocycles. The molecule has 0 fully saturated rings. The summed E-state index contributed by atoms with van der Waals surface area (Å²) in [6, 6.07) is 49.7. The van der Waals surface area contributed by atoms with Crippen molar-refractivity contribution in [1.82, 2.24) is 20.5 Å². The summed E-state index contributed by atoms with van der Waals surface area (Å²) in [7, 11) is 12.7. The highest BCUT2D eigenvalue weighted by atomic mass is 16.2. The second kappa shape index (κ2) is 28.1. The number of para-hydroxylation sites is 2. The fraction of sp³-hybridized carbons (Fsp3) is 0.319. The SMILES string of the molecule is CC1=C(N(C)CCCCCCNC(=O)c2ccc(-c3ccc(C(=O)NCCCCCCN(C)c4ccc5nc6cc(C)c(N(C)C)cc6[n+](-c6ccccc6)c5c4C)cc3)cc2)C=CC(=Nc2cc(C)c(N(C)C)cc2[NH2+]c2ccccc2)C1. The van der Waals surface area contributed by atoms with Crippen molar-refractivity contribution in [3.05, 3.63) is 197 Å². The summed E-state index contributed by atoms with van der Waals surface area (Å²) in [6.45, 7) is 11.9. The molecule has 1 aliphatic carbocycles. The summed E-state index contributed by atoms with van der Waals surface area (Å²) in [4.78, 5) is 45.6. The maximum Gasteiger partial charge on any atom is 0.251 e. The normalized spacial score (nSPS) is 12.8. The van der Waals surface area contributed by atoms with Gasteiger partial charge in [-0.15, -0.1) is 4.57 Å². The number of aromatic nitrogens is 2. The lowest BCUT2D eigenvalue weighted by atomic mass is 10.0. The summed E-state index contributed by atoms with van der Waals surface area (Å²) in [6.07, 6.45) is 13.5. The van der Waals surface area contributed by atoms with E-state index < -0.39 is 0 Å². The molecule has 1 aromatic heterocycles. The van der Waals surface area contributed by atoms with Gasteiger partial charge < -0.3 is 30.2 Å². The van der Waals surface area contributed by atoms with Gasteiger partial charge in [-0.1, -0.05) is 86.3 Å². The number of amides is 2. The van der Waals surface area contributed by atoms with Gasteiger partial charge in [0, 0.05) is 144 Å². The molecule has 4 N–H and O–H groups in total. The number of aliphatic imine (C=N–C) groups is 1. The summed E-state index contributed by atoms with van der Waals surface area (Å²) in [5.41, 5.74) is 22.6. The summed E-state index contributed by atoms with van der Waals surface area (Å²) in [5, 5.41) is 8.46. The number of unbranched alkanes of at least 4 members (excludes halogenated alkanes) is 6. The van der Waals surface area contributed by atoms with Crippen molar-refractivity contribution in [2.24, 2.45) is 4.99 Å². The molecule has 0 radical (unpaired) electrons. The largest absolute Gasteiger partial charge is 0.377 e. The van der Waals surface area contributed by atoms with Crippen LogP contribution in [0.15, 0.2) is 174 Å². The predicted molar refractivity (Wildman–Crippen MR) is 351 cm³/mol. The lowest BCUT2D eigenvalue weighted by molar-refractivity contribution is -0.538.